The molecule has 2 aliphatic rings. The van der Waals surface area contributed by atoms with E-state index in [1.807, 2.05) is 4.90 Å². The molecule has 1 aromatic carbocycles. The van der Waals surface area contributed by atoms with Gasteiger partial charge in [-0.3, -0.25) is 14.4 Å². The Morgan fingerprint density at radius 1 is 1.02 bits per heavy atom. The van der Waals surface area contributed by atoms with E-state index >= 15 is 0 Å². The molecule has 0 aliphatic carbocycles. The van der Waals surface area contributed by atoms with Gasteiger partial charge in [0.15, 0.2) is 15.7 Å². The third kappa shape index (κ3) is 7.84. The fourth-order valence-corrected chi connectivity index (χ4v) is 5.95. The number of likely N-dealkylation sites (tertiary alicyclic amines) is 1. The summed E-state index contributed by atoms with van der Waals surface area (Å²) in [5, 5.41) is 2.55. The number of halogens is 3. The Morgan fingerprint density at radius 2 is 1.68 bits per heavy atom. The van der Waals surface area contributed by atoms with Gasteiger partial charge >= 0.3 is 6.18 Å². The highest BCUT2D eigenvalue weighted by Gasteiger charge is 2.32. The van der Waals surface area contributed by atoms with E-state index in [9.17, 15) is 36.0 Å². The van der Waals surface area contributed by atoms with Crippen molar-refractivity contribution in [3.05, 3.63) is 47.7 Å². The monoisotopic (exact) mass is 594 g/mol. The maximum absolute atomic E-state index is 13.2. The molecule has 2 saturated heterocycles. The van der Waals surface area contributed by atoms with Crippen LogP contribution in [0.3, 0.4) is 0 Å². The van der Waals surface area contributed by atoms with E-state index < -0.39 is 27.5 Å². The van der Waals surface area contributed by atoms with Crippen LogP contribution >= 0.6 is 0 Å². The van der Waals surface area contributed by atoms with Crippen LogP contribution in [0, 0.1) is 11.8 Å². The molecule has 1 aromatic heterocycles. The summed E-state index contributed by atoms with van der Waals surface area (Å²) in [5.41, 5.74) is -1.14. The Morgan fingerprint density at radius 3 is 2.29 bits per heavy atom. The molecular formula is C28H33F3N4O5S. The van der Waals surface area contributed by atoms with E-state index in [2.05, 4.69) is 10.3 Å². The highest BCUT2D eigenvalue weighted by atomic mass is 32.2. The Hall–Kier alpha value is -3.48. The van der Waals surface area contributed by atoms with Crippen molar-refractivity contribution >= 4 is 38.9 Å². The number of nitrogens with zero attached hydrogens (tertiary/aromatic N) is 3. The fraction of sp³-hybridized carbons (Fsp3) is 0.500. The SMILES string of the molecule is CC(=O)N1CC[C@H](CC(=O)CC2CCN(c3ncc(S(C)(=O)=O)cc3NC(=O)c3cccc(C(F)(F)F)c3)CC2)C1. The summed E-state index contributed by atoms with van der Waals surface area (Å²) in [6, 6.07) is 5.21. The van der Waals surface area contributed by atoms with Crippen molar-refractivity contribution in [2.45, 2.75) is 50.1 Å². The lowest BCUT2D eigenvalue weighted by Gasteiger charge is -2.33. The van der Waals surface area contributed by atoms with Crippen molar-refractivity contribution < 1.29 is 36.0 Å². The van der Waals surface area contributed by atoms with E-state index in [-0.39, 0.29) is 39.7 Å². The number of hydrogen-bond donors (Lipinski definition) is 1. The lowest BCUT2D eigenvalue weighted by molar-refractivity contribution is -0.137. The Balaban J connectivity index is 1.43. The number of ketones is 1. The maximum Gasteiger partial charge on any atom is 0.416 e. The minimum Gasteiger partial charge on any atom is -0.355 e. The van der Waals surface area contributed by atoms with Crippen molar-refractivity contribution in [1.29, 1.82) is 0 Å². The van der Waals surface area contributed by atoms with Gasteiger partial charge in [0.25, 0.3) is 5.91 Å². The van der Waals surface area contributed by atoms with Crippen LogP contribution in [-0.2, 0) is 25.6 Å². The molecule has 3 heterocycles. The lowest BCUT2D eigenvalue weighted by Crippen LogP contribution is -2.36. The van der Waals surface area contributed by atoms with Crippen LogP contribution in [0.4, 0.5) is 24.7 Å². The molecule has 1 atom stereocenters. The summed E-state index contributed by atoms with van der Waals surface area (Å²) in [4.78, 5) is 45.0. The van der Waals surface area contributed by atoms with Crippen LogP contribution in [0.25, 0.3) is 0 Å². The first kappa shape index (κ1) is 30.5. The van der Waals surface area contributed by atoms with Crippen LogP contribution < -0.4 is 10.2 Å². The van der Waals surface area contributed by atoms with Crippen molar-refractivity contribution in [2.24, 2.45) is 11.8 Å². The number of amides is 2. The van der Waals surface area contributed by atoms with Crippen molar-refractivity contribution in [3.63, 3.8) is 0 Å². The summed E-state index contributed by atoms with van der Waals surface area (Å²) in [6.45, 7) is 3.82. The quantitative estimate of drug-likeness (QED) is 0.487. The third-order valence-electron chi connectivity index (χ3n) is 7.65. The molecule has 4 rings (SSSR count). The Bertz CT molecular complexity index is 1420. The Labute approximate surface area is 237 Å². The molecule has 41 heavy (non-hydrogen) atoms. The molecule has 0 radical (unpaired) electrons. The zero-order valence-corrected chi connectivity index (χ0v) is 23.7. The van der Waals surface area contributed by atoms with Crippen LogP contribution in [0.2, 0.25) is 0 Å². The number of Topliss-reactive ketones (excluding diaryl/α,β-unsaturated/α-hetero) is 1. The zero-order chi connectivity index (χ0) is 29.9. The van der Waals surface area contributed by atoms with Crippen LogP contribution in [0.5, 0.6) is 0 Å². The second-order valence-electron chi connectivity index (χ2n) is 10.8. The first-order valence-corrected chi connectivity index (χ1v) is 15.3. The molecule has 2 fully saturated rings. The molecule has 0 bridgehead atoms. The summed E-state index contributed by atoms with van der Waals surface area (Å²) in [6.07, 6.45) is 0.609. The van der Waals surface area contributed by atoms with Gasteiger partial charge in [-0.15, -0.1) is 0 Å². The molecular weight excluding hydrogens is 561 g/mol. The summed E-state index contributed by atoms with van der Waals surface area (Å²) in [7, 11) is -3.68. The molecule has 2 aliphatic heterocycles. The molecule has 1 N–H and O–H groups in total. The van der Waals surface area contributed by atoms with Crippen LogP contribution in [0.15, 0.2) is 41.4 Å². The first-order valence-electron chi connectivity index (χ1n) is 13.4. The molecule has 222 valence electrons. The van der Waals surface area contributed by atoms with Gasteiger partial charge in [0, 0.05) is 64.0 Å². The van der Waals surface area contributed by atoms with Gasteiger partial charge in [-0.2, -0.15) is 13.2 Å². The topological polar surface area (TPSA) is 117 Å². The van der Waals surface area contributed by atoms with E-state index in [0.717, 1.165) is 30.9 Å². The van der Waals surface area contributed by atoms with Gasteiger partial charge in [-0.25, -0.2) is 13.4 Å². The third-order valence-corrected chi connectivity index (χ3v) is 8.73. The van der Waals surface area contributed by atoms with Gasteiger partial charge in [0.2, 0.25) is 5.91 Å². The number of rotatable bonds is 8. The van der Waals surface area contributed by atoms with Crippen molar-refractivity contribution in [3.8, 4) is 0 Å². The first-order chi connectivity index (χ1) is 19.2. The minimum atomic E-state index is -4.63. The minimum absolute atomic E-state index is 0.0240. The number of carbonyl (C=O) groups excluding carboxylic acids is 3. The average Bonchev–Trinajstić information content (AvgIpc) is 3.37. The molecule has 9 nitrogen and oxygen atoms in total. The maximum atomic E-state index is 13.2. The Kier molecular flexibility index (Phi) is 9.05. The van der Waals surface area contributed by atoms with E-state index in [4.69, 9.17) is 0 Å². The highest BCUT2D eigenvalue weighted by molar-refractivity contribution is 7.90. The van der Waals surface area contributed by atoms with Gasteiger partial charge in [-0.05, 0) is 55.4 Å². The van der Waals surface area contributed by atoms with Crippen LogP contribution in [0.1, 0.15) is 54.9 Å². The number of nitrogens with one attached hydrogen (secondary N) is 1. The molecule has 13 heteroatoms. The normalized spacial score (nSPS) is 18.4. The zero-order valence-electron chi connectivity index (χ0n) is 22.9. The van der Waals surface area contributed by atoms with Gasteiger partial charge in [0.1, 0.15) is 5.78 Å². The van der Waals surface area contributed by atoms with Crippen LogP contribution in [-0.4, -0.2) is 68.3 Å². The lowest BCUT2D eigenvalue weighted by atomic mass is 9.88. The molecule has 0 saturated carbocycles. The number of benzene rings is 1. The summed E-state index contributed by atoms with van der Waals surface area (Å²) < 4.78 is 63.8. The number of aromatic nitrogens is 1. The van der Waals surface area contributed by atoms with Gasteiger partial charge in [-0.1, -0.05) is 6.07 Å². The predicted molar refractivity (Wildman–Crippen MR) is 146 cm³/mol. The molecule has 2 amide bonds. The standard InChI is InChI=1S/C28H33F3N4O5S/c1-18(36)35-11-8-20(17-35)13-23(37)12-19-6-9-34(10-7-19)26-25(15-24(16-32-26)41(2,39)40)33-27(38)21-4-3-5-22(14-21)28(29,30)31/h3-5,14-16,19-20H,6-13,17H2,1-2H3,(H,33,38)/t20-/m1/s1. The predicted octanol–water partition coefficient (Wildman–Crippen LogP) is 4.19. The number of alkyl halides is 3. The fourth-order valence-electron chi connectivity index (χ4n) is 5.38. The number of pyridine rings is 1. The average molecular weight is 595 g/mol. The van der Waals surface area contributed by atoms with E-state index in [1.54, 1.807) is 4.90 Å². The smallest absolute Gasteiger partial charge is 0.355 e. The summed E-state index contributed by atoms with van der Waals surface area (Å²) in [5.74, 6) is 0.00673. The van der Waals surface area contributed by atoms with Crippen molar-refractivity contribution in [2.75, 3.05) is 42.7 Å². The number of hydrogen-bond acceptors (Lipinski definition) is 7. The second kappa shape index (κ2) is 12.2. The number of anilines is 2. The summed E-state index contributed by atoms with van der Waals surface area (Å²) >= 11 is 0. The molecule has 0 spiro atoms. The number of sulfone groups is 1. The van der Waals surface area contributed by atoms with E-state index in [0.29, 0.717) is 57.7 Å². The number of piperidine rings is 1. The largest absolute Gasteiger partial charge is 0.416 e. The molecule has 0 unspecified atom stereocenters. The van der Waals surface area contributed by atoms with Gasteiger partial charge < -0.3 is 15.1 Å². The second-order valence-corrected chi connectivity index (χ2v) is 12.9. The van der Waals surface area contributed by atoms with Gasteiger partial charge in [0.05, 0.1) is 16.1 Å². The van der Waals surface area contributed by atoms with E-state index in [1.165, 1.54) is 25.3 Å². The highest BCUT2D eigenvalue weighted by Crippen LogP contribution is 2.33. The van der Waals surface area contributed by atoms with Crippen molar-refractivity contribution in [1.82, 2.24) is 9.88 Å². The molecule has 2 aromatic rings. The number of carbonyl (C=O) groups is 3.